The first kappa shape index (κ1) is 16.0. The minimum atomic E-state index is -0.290. The van der Waals surface area contributed by atoms with Crippen molar-refractivity contribution in [2.45, 2.75) is 45.1 Å². The molecule has 3 heteroatoms. The van der Waals surface area contributed by atoms with Crippen molar-refractivity contribution >= 4 is 0 Å². The maximum Gasteiger partial charge on any atom is 0.124 e. The van der Waals surface area contributed by atoms with Crippen molar-refractivity contribution in [3.8, 4) is 11.8 Å². The lowest BCUT2D eigenvalue weighted by atomic mass is 9.90. The van der Waals surface area contributed by atoms with Gasteiger partial charge in [0.2, 0.25) is 0 Å². The number of hydrogen-bond donors (Lipinski definition) is 1. The van der Waals surface area contributed by atoms with Crippen LogP contribution in [-0.4, -0.2) is 18.3 Å². The Hall–Kier alpha value is -1.37. The van der Waals surface area contributed by atoms with Crippen LogP contribution in [0.25, 0.3) is 0 Å². The van der Waals surface area contributed by atoms with Gasteiger partial charge in [0.15, 0.2) is 0 Å². The van der Waals surface area contributed by atoms with Gasteiger partial charge in [0.05, 0.1) is 13.2 Å². The van der Waals surface area contributed by atoms with Crippen LogP contribution in [-0.2, 0) is 11.3 Å². The Morgan fingerprint density at radius 3 is 2.76 bits per heavy atom. The van der Waals surface area contributed by atoms with E-state index in [0.717, 1.165) is 12.2 Å². The molecule has 1 aliphatic rings. The average Bonchev–Trinajstić information content (AvgIpc) is 2.48. The van der Waals surface area contributed by atoms with Crippen LogP contribution in [0.15, 0.2) is 18.2 Å². The molecule has 1 aliphatic carbocycles. The molecule has 114 valence electrons. The van der Waals surface area contributed by atoms with Gasteiger partial charge in [0.25, 0.3) is 0 Å². The first-order chi connectivity index (χ1) is 10.3. The predicted molar refractivity (Wildman–Crippen MR) is 81.2 cm³/mol. The summed E-state index contributed by atoms with van der Waals surface area (Å²) in [6, 6.07) is 4.77. The van der Waals surface area contributed by atoms with Gasteiger partial charge in [-0.15, -0.1) is 0 Å². The van der Waals surface area contributed by atoms with Crippen molar-refractivity contribution in [3.05, 3.63) is 35.1 Å². The molecule has 0 spiro atoms. The normalized spacial score (nSPS) is 15.5. The van der Waals surface area contributed by atoms with E-state index in [0.29, 0.717) is 24.5 Å². The van der Waals surface area contributed by atoms with Crippen LogP contribution in [0.3, 0.4) is 0 Å². The Labute approximate surface area is 126 Å². The Bertz CT molecular complexity index is 496. The lowest BCUT2D eigenvalue weighted by Gasteiger charge is -2.21. The molecule has 0 aromatic heterocycles. The summed E-state index contributed by atoms with van der Waals surface area (Å²) in [7, 11) is 0. The van der Waals surface area contributed by atoms with E-state index >= 15 is 0 Å². The second kappa shape index (κ2) is 8.81. The Morgan fingerprint density at radius 2 is 2.00 bits per heavy atom. The maximum absolute atomic E-state index is 13.5. The zero-order chi connectivity index (χ0) is 14.9. The molecule has 0 bridgehead atoms. The van der Waals surface area contributed by atoms with E-state index in [1.54, 1.807) is 0 Å². The predicted octanol–water partition coefficient (Wildman–Crippen LogP) is 3.66. The van der Waals surface area contributed by atoms with E-state index in [4.69, 9.17) is 9.84 Å². The van der Waals surface area contributed by atoms with Crippen molar-refractivity contribution in [1.29, 1.82) is 0 Å². The number of rotatable bonds is 5. The van der Waals surface area contributed by atoms with Gasteiger partial charge in [-0.3, -0.25) is 0 Å². The van der Waals surface area contributed by atoms with E-state index in [2.05, 4.69) is 11.8 Å². The minimum absolute atomic E-state index is 0.0275. The summed E-state index contributed by atoms with van der Waals surface area (Å²) < 4.78 is 19.3. The minimum Gasteiger partial charge on any atom is -0.395 e. The largest absolute Gasteiger partial charge is 0.395 e. The molecule has 1 fully saturated rings. The van der Waals surface area contributed by atoms with Crippen LogP contribution in [0.2, 0.25) is 0 Å². The highest BCUT2D eigenvalue weighted by Gasteiger charge is 2.13. The number of aliphatic hydroxyl groups excluding tert-OH is 1. The van der Waals surface area contributed by atoms with Crippen LogP contribution in [0.1, 0.15) is 49.7 Å². The monoisotopic (exact) mass is 290 g/mol. The first-order valence-electron chi connectivity index (χ1n) is 7.75. The standard InChI is InChI=1S/C18H23FO2/c19-18-11-16(8-4-5-9-20)10-17(12-18)14-21-13-15-6-2-1-3-7-15/h10-12,15,20H,1-3,5-7,9,13-14H2. The quantitative estimate of drug-likeness (QED) is 0.839. The molecule has 0 atom stereocenters. The summed E-state index contributed by atoms with van der Waals surface area (Å²) in [5.74, 6) is 6.04. The highest BCUT2D eigenvalue weighted by atomic mass is 19.1. The molecule has 0 aliphatic heterocycles. The Morgan fingerprint density at radius 1 is 1.19 bits per heavy atom. The smallest absolute Gasteiger partial charge is 0.124 e. The van der Waals surface area contributed by atoms with E-state index in [1.807, 2.05) is 6.07 Å². The molecule has 0 radical (unpaired) electrons. The summed E-state index contributed by atoms with van der Waals surface area (Å²) in [5.41, 5.74) is 1.46. The molecular formula is C18H23FO2. The zero-order valence-electron chi connectivity index (χ0n) is 12.4. The lowest BCUT2D eigenvalue weighted by Crippen LogP contribution is -2.13. The van der Waals surface area contributed by atoms with Crippen LogP contribution < -0.4 is 0 Å². The van der Waals surface area contributed by atoms with Crippen molar-refractivity contribution in [1.82, 2.24) is 0 Å². The number of ether oxygens (including phenoxy) is 1. The van der Waals surface area contributed by atoms with Crippen LogP contribution >= 0.6 is 0 Å². The zero-order valence-corrected chi connectivity index (χ0v) is 12.4. The molecule has 1 saturated carbocycles. The van der Waals surface area contributed by atoms with E-state index in [1.165, 1.54) is 44.2 Å². The summed E-state index contributed by atoms with van der Waals surface area (Å²) in [5, 5.41) is 8.70. The second-order valence-corrected chi connectivity index (χ2v) is 5.64. The fourth-order valence-electron chi connectivity index (χ4n) is 2.72. The third-order valence-corrected chi connectivity index (χ3v) is 3.77. The first-order valence-corrected chi connectivity index (χ1v) is 7.75. The molecule has 0 saturated heterocycles. The van der Waals surface area contributed by atoms with Gasteiger partial charge in [-0.1, -0.05) is 31.1 Å². The number of hydrogen-bond acceptors (Lipinski definition) is 2. The van der Waals surface area contributed by atoms with E-state index in [9.17, 15) is 4.39 Å². The topological polar surface area (TPSA) is 29.5 Å². The summed E-state index contributed by atoms with van der Waals surface area (Å²) >= 11 is 0. The maximum atomic E-state index is 13.5. The molecule has 2 rings (SSSR count). The summed E-state index contributed by atoms with van der Waals surface area (Å²) in [6.07, 6.45) is 6.86. The molecule has 1 aromatic rings. The van der Waals surface area contributed by atoms with E-state index in [-0.39, 0.29) is 12.4 Å². The highest BCUT2D eigenvalue weighted by Crippen LogP contribution is 2.24. The van der Waals surface area contributed by atoms with Crippen molar-refractivity contribution in [3.63, 3.8) is 0 Å². The van der Waals surface area contributed by atoms with Gasteiger partial charge in [0, 0.05) is 18.6 Å². The number of halogens is 1. The Kier molecular flexibility index (Phi) is 6.72. The van der Waals surface area contributed by atoms with Crippen molar-refractivity contribution in [2.75, 3.05) is 13.2 Å². The van der Waals surface area contributed by atoms with Crippen molar-refractivity contribution in [2.24, 2.45) is 5.92 Å². The fourth-order valence-corrected chi connectivity index (χ4v) is 2.72. The van der Waals surface area contributed by atoms with Crippen LogP contribution in [0, 0.1) is 23.6 Å². The molecular weight excluding hydrogens is 267 g/mol. The Balaban J connectivity index is 1.86. The molecule has 0 heterocycles. The highest BCUT2D eigenvalue weighted by molar-refractivity contribution is 5.37. The van der Waals surface area contributed by atoms with Gasteiger partial charge in [0.1, 0.15) is 5.82 Å². The third kappa shape index (κ3) is 5.87. The van der Waals surface area contributed by atoms with E-state index < -0.39 is 0 Å². The number of aliphatic hydroxyl groups is 1. The van der Waals surface area contributed by atoms with Crippen molar-refractivity contribution < 1.29 is 14.2 Å². The molecule has 1 aromatic carbocycles. The molecule has 1 N–H and O–H groups in total. The average molecular weight is 290 g/mol. The summed E-state index contributed by atoms with van der Waals surface area (Å²) in [6.45, 7) is 1.23. The van der Waals surface area contributed by atoms with Crippen LogP contribution in [0.4, 0.5) is 4.39 Å². The SMILES string of the molecule is OCCC#Cc1cc(F)cc(COCC2CCCCC2)c1. The summed E-state index contributed by atoms with van der Waals surface area (Å²) in [4.78, 5) is 0. The second-order valence-electron chi connectivity index (χ2n) is 5.64. The lowest BCUT2D eigenvalue weighted by molar-refractivity contribution is 0.0738. The van der Waals surface area contributed by atoms with Gasteiger partial charge in [-0.2, -0.15) is 0 Å². The van der Waals surface area contributed by atoms with Gasteiger partial charge >= 0.3 is 0 Å². The van der Waals surface area contributed by atoms with Gasteiger partial charge in [-0.25, -0.2) is 4.39 Å². The third-order valence-electron chi connectivity index (χ3n) is 3.77. The van der Waals surface area contributed by atoms with Crippen LogP contribution in [0.5, 0.6) is 0 Å². The molecule has 21 heavy (non-hydrogen) atoms. The molecule has 0 amide bonds. The molecule has 0 unspecified atom stereocenters. The van der Waals surface area contributed by atoms with Gasteiger partial charge in [-0.05, 0) is 42.5 Å². The molecule has 2 nitrogen and oxygen atoms in total. The van der Waals surface area contributed by atoms with Gasteiger partial charge < -0.3 is 9.84 Å². The number of benzene rings is 1. The fraction of sp³-hybridized carbons (Fsp3) is 0.556.